The highest BCUT2D eigenvalue weighted by Crippen LogP contribution is 2.40. The first-order chi connectivity index (χ1) is 14.2. The van der Waals surface area contributed by atoms with Crippen molar-refractivity contribution in [2.24, 2.45) is 0 Å². The Morgan fingerprint density at radius 3 is 2.69 bits per heavy atom. The molecule has 1 saturated heterocycles. The topological polar surface area (TPSA) is 69.9 Å². The van der Waals surface area contributed by atoms with Crippen molar-refractivity contribution in [3.63, 3.8) is 0 Å². The molecule has 0 spiro atoms. The zero-order valence-corrected chi connectivity index (χ0v) is 16.3. The van der Waals surface area contributed by atoms with Crippen LogP contribution in [-0.4, -0.2) is 32.5 Å². The standard InChI is InChI=1S/C23H23NO5/c1-15-17-4-2-3-5-18(17)29-21(15)22(25)24-13-23(8-10-26-11-9-23)16-6-7-19-20(12-16)28-14-27-19/h2-7,12H,8-11,13-14H2,1H3,(H,24,25). The number of hydrogen-bond acceptors (Lipinski definition) is 5. The van der Waals surface area contributed by atoms with Crippen molar-refractivity contribution in [2.45, 2.75) is 25.2 Å². The number of ether oxygens (including phenoxy) is 3. The van der Waals surface area contributed by atoms with Crippen LogP contribution in [0.15, 0.2) is 46.9 Å². The molecule has 1 amide bonds. The molecule has 6 heteroatoms. The van der Waals surface area contributed by atoms with Crippen molar-refractivity contribution < 1.29 is 23.4 Å². The monoisotopic (exact) mass is 393 g/mol. The van der Waals surface area contributed by atoms with Crippen molar-refractivity contribution in [1.29, 1.82) is 0 Å². The summed E-state index contributed by atoms with van der Waals surface area (Å²) in [7, 11) is 0. The number of hydrogen-bond donors (Lipinski definition) is 1. The minimum atomic E-state index is -0.213. The number of fused-ring (bicyclic) bond motifs is 2. The van der Waals surface area contributed by atoms with E-state index in [1.807, 2.05) is 43.3 Å². The molecule has 0 saturated carbocycles. The van der Waals surface area contributed by atoms with E-state index in [9.17, 15) is 4.79 Å². The maximum absolute atomic E-state index is 13.0. The van der Waals surface area contributed by atoms with Crippen LogP contribution >= 0.6 is 0 Å². The zero-order chi connectivity index (χ0) is 19.8. The number of nitrogens with one attached hydrogen (secondary N) is 1. The largest absolute Gasteiger partial charge is 0.454 e. The number of para-hydroxylation sites is 1. The van der Waals surface area contributed by atoms with E-state index in [0.717, 1.165) is 46.4 Å². The van der Waals surface area contributed by atoms with E-state index < -0.39 is 0 Å². The van der Waals surface area contributed by atoms with Crippen molar-refractivity contribution in [3.8, 4) is 11.5 Å². The van der Waals surface area contributed by atoms with Gasteiger partial charge >= 0.3 is 0 Å². The molecule has 0 aliphatic carbocycles. The molecule has 6 nitrogen and oxygen atoms in total. The number of carbonyl (C=O) groups is 1. The van der Waals surface area contributed by atoms with E-state index in [2.05, 4.69) is 11.4 Å². The van der Waals surface area contributed by atoms with E-state index in [4.69, 9.17) is 18.6 Å². The molecule has 0 unspecified atom stereocenters. The lowest BCUT2D eigenvalue weighted by Gasteiger charge is -2.38. The summed E-state index contributed by atoms with van der Waals surface area (Å²) in [6, 6.07) is 13.7. The SMILES string of the molecule is Cc1c(C(=O)NCC2(c3ccc4c(c3)OCO4)CCOCC2)oc2ccccc12. The second-order valence-corrected chi connectivity index (χ2v) is 7.70. The highest BCUT2D eigenvalue weighted by Gasteiger charge is 2.36. The maximum atomic E-state index is 13.0. The molecule has 2 aliphatic heterocycles. The minimum Gasteiger partial charge on any atom is -0.454 e. The molecule has 2 aliphatic rings. The molecular formula is C23H23NO5. The van der Waals surface area contributed by atoms with Crippen molar-refractivity contribution >= 4 is 16.9 Å². The number of benzene rings is 2. The van der Waals surface area contributed by atoms with Gasteiger partial charge in [0.15, 0.2) is 17.3 Å². The highest BCUT2D eigenvalue weighted by atomic mass is 16.7. The molecule has 3 aromatic rings. The second-order valence-electron chi connectivity index (χ2n) is 7.70. The van der Waals surface area contributed by atoms with Crippen LogP contribution in [0, 0.1) is 6.92 Å². The molecule has 150 valence electrons. The normalized spacial score (nSPS) is 17.4. The number of aryl methyl sites for hydroxylation is 1. The molecular weight excluding hydrogens is 370 g/mol. The maximum Gasteiger partial charge on any atom is 0.287 e. The Kier molecular flexibility index (Phi) is 4.43. The van der Waals surface area contributed by atoms with Gasteiger partial charge in [0.25, 0.3) is 5.91 Å². The fraction of sp³-hybridized carbons (Fsp3) is 0.348. The van der Waals surface area contributed by atoms with Gasteiger partial charge in [0, 0.05) is 36.1 Å². The third kappa shape index (κ3) is 3.13. The van der Waals surface area contributed by atoms with Gasteiger partial charge in [-0.25, -0.2) is 0 Å². The molecule has 3 heterocycles. The van der Waals surface area contributed by atoms with Crippen LogP contribution in [0.1, 0.15) is 34.5 Å². The molecule has 1 aromatic heterocycles. The van der Waals surface area contributed by atoms with E-state index in [1.165, 1.54) is 0 Å². The summed E-state index contributed by atoms with van der Waals surface area (Å²) in [5, 5.41) is 4.08. The third-order valence-corrected chi connectivity index (χ3v) is 6.07. The summed E-state index contributed by atoms with van der Waals surface area (Å²) in [6.07, 6.45) is 1.65. The Morgan fingerprint density at radius 2 is 1.86 bits per heavy atom. The summed E-state index contributed by atoms with van der Waals surface area (Å²) in [5.41, 5.74) is 2.51. The first kappa shape index (κ1) is 18.1. The average molecular weight is 393 g/mol. The number of furan rings is 1. The third-order valence-electron chi connectivity index (χ3n) is 6.07. The fourth-order valence-electron chi connectivity index (χ4n) is 4.28. The lowest BCUT2D eigenvalue weighted by atomic mass is 9.74. The van der Waals surface area contributed by atoms with Crippen LogP contribution in [0.4, 0.5) is 0 Å². The Balaban J connectivity index is 1.41. The number of amides is 1. The van der Waals surface area contributed by atoms with Crippen molar-refractivity contribution in [1.82, 2.24) is 5.32 Å². The van der Waals surface area contributed by atoms with Gasteiger partial charge in [-0.15, -0.1) is 0 Å². The lowest BCUT2D eigenvalue weighted by molar-refractivity contribution is 0.0484. The molecule has 0 atom stereocenters. The molecule has 2 aromatic carbocycles. The van der Waals surface area contributed by atoms with Crippen LogP contribution in [0.25, 0.3) is 11.0 Å². The van der Waals surface area contributed by atoms with E-state index in [-0.39, 0.29) is 18.1 Å². The fourth-order valence-corrected chi connectivity index (χ4v) is 4.28. The predicted octanol–water partition coefficient (Wildman–Crippen LogP) is 3.95. The molecule has 5 rings (SSSR count). The zero-order valence-electron chi connectivity index (χ0n) is 16.3. The summed E-state index contributed by atoms with van der Waals surface area (Å²) < 4.78 is 22.4. The summed E-state index contributed by atoms with van der Waals surface area (Å²) in [6.45, 7) is 3.99. The second kappa shape index (κ2) is 7.12. The Labute approximate surface area is 168 Å². The van der Waals surface area contributed by atoms with Crippen molar-refractivity contribution in [3.05, 3.63) is 59.4 Å². The van der Waals surface area contributed by atoms with Crippen LogP contribution in [0.2, 0.25) is 0 Å². The Hall–Kier alpha value is -2.99. The van der Waals surface area contributed by atoms with Gasteiger partial charge in [-0.2, -0.15) is 0 Å². The van der Waals surface area contributed by atoms with Gasteiger partial charge in [0.1, 0.15) is 5.58 Å². The molecule has 29 heavy (non-hydrogen) atoms. The van der Waals surface area contributed by atoms with Crippen LogP contribution in [0.5, 0.6) is 11.5 Å². The van der Waals surface area contributed by atoms with Gasteiger partial charge in [0.05, 0.1) is 0 Å². The Morgan fingerprint density at radius 1 is 1.07 bits per heavy atom. The van der Waals surface area contributed by atoms with Crippen LogP contribution < -0.4 is 14.8 Å². The summed E-state index contributed by atoms with van der Waals surface area (Å²) in [5.74, 6) is 1.70. The number of rotatable bonds is 4. The van der Waals surface area contributed by atoms with Gasteiger partial charge in [-0.3, -0.25) is 4.79 Å². The molecule has 1 fully saturated rings. The van der Waals surface area contributed by atoms with Crippen LogP contribution in [-0.2, 0) is 10.2 Å². The molecule has 1 N–H and O–H groups in total. The lowest BCUT2D eigenvalue weighted by Crippen LogP contribution is -2.44. The number of carbonyl (C=O) groups excluding carboxylic acids is 1. The minimum absolute atomic E-state index is 0.190. The quantitative estimate of drug-likeness (QED) is 0.727. The van der Waals surface area contributed by atoms with E-state index in [0.29, 0.717) is 25.5 Å². The average Bonchev–Trinajstić information content (AvgIpc) is 3.37. The van der Waals surface area contributed by atoms with Gasteiger partial charge in [-0.1, -0.05) is 24.3 Å². The molecule has 0 radical (unpaired) electrons. The van der Waals surface area contributed by atoms with Gasteiger partial charge in [0.2, 0.25) is 6.79 Å². The van der Waals surface area contributed by atoms with Gasteiger partial charge in [-0.05, 0) is 43.5 Å². The summed E-state index contributed by atoms with van der Waals surface area (Å²) >= 11 is 0. The predicted molar refractivity (Wildman–Crippen MR) is 108 cm³/mol. The van der Waals surface area contributed by atoms with E-state index in [1.54, 1.807) is 0 Å². The van der Waals surface area contributed by atoms with E-state index >= 15 is 0 Å². The van der Waals surface area contributed by atoms with Gasteiger partial charge < -0.3 is 23.9 Å². The van der Waals surface area contributed by atoms with Crippen LogP contribution in [0.3, 0.4) is 0 Å². The molecule has 0 bridgehead atoms. The first-order valence-corrected chi connectivity index (χ1v) is 9.90. The Bertz CT molecular complexity index is 1060. The smallest absolute Gasteiger partial charge is 0.287 e. The first-order valence-electron chi connectivity index (χ1n) is 9.90. The summed E-state index contributed by atoms with van der Waals surface area (Å²) in [4.78, 5) is 13.0. The highest BCUT2D eigenvalue weighted by molar-refractivity contribution is 5.98. The van der Waals surface area contributed by atoms with Crippen molar-refractivity contribution in [2.75, 3.05) is 26.6 Å².